The maximum atomic E-state index is 12.0. The van der Waals surface area contributed by atoms with Gasteiger partial charge in [-0.1, -0.05) is 23.2 Å². The summed E-state index contributed by atoms with van der Waals surface area (Å²) in [6.07, 6.45) is 0. The van der Waals surface area contributed by atoms with Crippen molar-refractivity contribution in [1.82, 2.24) is 0 Å². The first kappa shape index (κ1) is 19.2. The standard InChI is InChI=1S/C15H12Cl2N2O5S/c16-9-1-3-10(4-2-9)19-14(20)8-24-15(21)12-7-11(25(18,22)23)5-6-13(12)17/h1-7H,8H2,(H,19,20)(H2,18,22,23). The minimum Gasteiger partial charge on any atom is -0.452 e. The Kier molecular flexibility index (Phi) is 6.02. The van der Waals surface area contributed by atoms with Crippen molar-refractivity contribution in [3.05, 3.63) is 58.1 Å². The summed E-state index contributed by atoms with van der Waals surface area (Å²) in [5.74, 6) is -1.55. The summed E-state index contributed by atoms with van der Waals surface area (Å²) in [5.41, 5.74) is 0.257. The SMILES string of the molecule is NS(=O)(=O)c1ccc(Cl)c(C(=O)OCC(=O)Nc2ccc(Cl)cc2)c1. The summed E-state index contributed by atoms with van der Waals surface area (Å²) in [4.78, 5) is 23.5. The molecule has 0 aliphatic carbocycles. The fraction of sp³-hybridized carbons (Fsp3) is 0.0667. The third-order valence-corrected chi connectivity index (χ3v) is 4.44. The first-order valence-corrected chi connectivity index (χ1v) is 9.02. The van der Waals surface area contributed by atoms with Crippen LogP contribution in [0.15, 0.2) is 47.4 Å². The Bertz CT molecular complexity index is 914. The summed E-state index contributed by atoms with van der Waals surface area (Å²) in [5, 5.41) is 7.98. The monoisotopic (exact) mass is 402 g/mol. The van der Waals surface area contributed by atoms with E-state index in [9.17, 15) is 18.0 Å². The number of nitrogens with two attached hydrogens (primary N) is 1. The van der Waals surface area contributed by atoms with Crippen LogP contribution in [0.25, 0.3) is 0 Å². The highest BCUT2D eigenvalue weighted by atomic mass is 35.5. The molecular formula is C15H12Cl2N2O5S. The average molecular weight is 403 g/mol. The third-order valence-electron chi connectivity index (χ3n) is 2.95. The lowest BCUT2D eigenvalue weighted by atomic mass is 10.2. The maximum Gasteiger partial charge on any atom is 0.340 e. The van der Waals surface area contributed by atoms with Crippen LogP contribution >= 0.6 is 23.2 Å². The van der Waals surface area contributed by atoms with Gasteiger partial charge < -0.3 is 10.1 Å². The van der Waals surface area contributed by atoms with E-state index >= 15 is 0 Å². The average Bonchev–Trinajstić information content (AvgIpc) is 2.54. The molecule has 0 atom stereocenters. The van der Waals surface area contributed by atoms with Crippen molar-refractivity contribution in [1.29, 1.82) is 0 Å². The highest BCUT2D eigenvalue weighted by molar-refractivity contribution is 7.89. The zero-order valence-electron chi connectivity index (χ0n) is 12.5. The van der Waals surface area contributed by atoms with Crippen LogP contribution < -0.4 is 10.5 Å². The van der Waals surface area contributed by atoms with Crippen LogP contribution in [0, 0.1) is 0 Å². The molecule has 0 saturated heterocycles. The Balaban J connectivity index is 2.02. The van der Waals surface area contributed by atoms with Crippen molar-refractivity contribution >= 4 is 50.8 Å². The number of sulfonamides is 1. The summed E-state index contributed by atoms with van der Waals surface area (Å²) in [7, 11) is -4.01. The first-order valence-electron chi connectivity index (χ1n) is 6.72. The maximum absolute atomic E-state index is 12.0. The van der Waals surface area contributed by atoms with Crippen molar-refractivity contribution in [2.45, 2.75) is 4.90 Å². The van der Waals surface area contributed by atoms with Crippen LogP contribution in [0.1, 0.15) is 10.4 Å². The molecule has 2 rings (SSSR count). The van der Waals surface area contributed by atoms with Crippen LogP contribution in [0.4, 0.5) is 5.69 Å². The van der Waals surface area contributed by atoms with Crippen molar-refractivity contribution in [3.63, 3.8) is 0 Å². The highest BCUT2D eigenvalue weighted by Gasteiger charge is 2.18. The molecule has 0 bridgehead atoms. The van der Waals surface area contributed by atoms with Gasteiger partial charge in [0.25, 0.3) is 5.91 Å². The first-order chi connectivity index (χ1) is 11.7. The zero-order valence-corrected chi connectivity index (χ0v) is 14.9. The Morgan fingerprint density at radius 1 is 1.08 bits per heavy atom. The quantitative estimate of drug-likeness (QED) is 0.744. The van der Waals surface area contributed by atoms with E-state index in [1.165, 1.54) is 6.07 Å². The molecule has 0 fully saturated rings. The molecule has 0 aromatic heterocycles. The van der Waals surface area contributed by atoms with Gasteiger partial charge >= 0.3 is 5.97 Å². The molecule has 25 heavy (non-hydrogen) atoms. The van der Waals surface area contributed by atoms with Gasteiger partial charge in [0, 0.05) is 10.7 Å². The van der Waals surface area contributed by atoms with E-state index in [2.05, 4.69) is 5.32 Å². The van der Waals surface area contributed by atoms with E-state index in [1.54, 1.807) is 24.3 Å². The fourth-order valence-electron chi connectivity index (χ4n) is 1.78. The van der Waals surface area contributed by atoms with Gasteiger partial charge in [-0.05, 0) is 42.5 Å². The number of hydrogen-bond acceptors (Lipinski definition) is 5. The van der Waals surface area contributed by atoms with Crippen molar-refractivity contribution < 1.29 is 22.7 Å². The highest BCUT2D eigenvalue weighted by Crippen LogP contribution is 2.21. The van der Waals surface area contributed by atoms with Gasteiger partial charge in [0.05, 0.1) is 15.5 Å². The third kappa shape index (κ3) is 5.43. The second kappa shape index (κ2) is 7.83. The molecule has 3 N–H and O–H groups in total. The van der Waals surface area contributed by atoms with Crippen molar-refractivity contribution in [2.75, 3.05) is 11.9 Å². The van der Waals surface area contributed by atoms with Gasteiger partial charge in [-0.15, -0.1) is 0 Å². The largest absolute Gasteiger partial charge is 0.452 e. The number of primary sulfonamides is 1. The number of nitrogens with one attached hydrogen (secondary N) is 1. The smallest absolute Gasteiger partial charge is 0.340 e. The molecule has 10 heteroatoms. The van der Waals surface area contributed by atoms with Crippen LogP contribution in [0.2, 0.25) is 10.0 Å². The van der Waals surface area contributed by atoms with Gasteiger partial charge in [-0.2, -0.15) is 0 Å². The molecule has 1 amide bonds. The van der Waals surface area contributed by atoms with E-state index < -0.39 is 28.5 Å². The number of ether oxygens (including phenoxy) is 1. The number of amides is 1. The fourth-order valence-corrected chi connectivity index (χ4v) is 2.64. The van der Waals surface area contributed by atoms with Gasteiger partial charge in [-0.3, -0.25) is 4.79 Å². The number of carbonyl (C=O) groups excluding carboxylic acids is 2. The van der Waals surface area contributed by atoms with E-state index in [0.29, 0.717) is 10.7 Å². The molecule has 7 nitrogen and oxygen atoms in total. The second-order valence-electron chi connectivity index (χ2n) is 4.82. The lowest BCUT2D eigenvalue weighted by Crippen LogP contribution is -2.21. The zero-order chi connectivity index (χ0) is 18.6. The van der Waals surface area contributed by atoms with E-state index in [-0.39, 0.29) is 15.5 Å². The molecule has 0 aliphatic heterocycles. The lowest BCUT2D eigenvalue weighted by molar-refractivity contribution is -0.119. The number of benzene rings is 2. The molecule has 132 valence electrons. The van der Waals surface area contributed by atoms with Crippen molar-refractivity contribution in [2.24, 2.45) is 5.14 Å². The molecule has 0 saturated carbocycles. The number of rotatable bonds is 5. The summed E-state index contributed by atoms with van der Waals surface area (Å²) >= 11 is 11.6. The van der Waals surface area contributed by atoms with Gasteiger partial charge in [0.2, 0.25) is 10.0 Å². The molecule has 2 aromatic carbocycles. The molecule has 2 aromatic rings. The van der Waals surface area contributed by atoms with Crippen LogP contribution in [-0.2, 0) is 19.6 Å². The van der Waals surface area contributed by atoms with E-state index in [0.717, 1.165) is 12.1 Å². The van der Waals surface area contributed by atoms with Gasteiger partial charge in [-0.25, -0.2) is 18.4 Å². The van der Waals surface area contributed by atoms with Gasteiger partial charge in [0.1, 0.15) is 0 Å². The number of carbonyl (C=O) groups is 2. The molecule has 0 heterocycles. The minimum absolute atomic E-state index is 0.0319. The number of hydrogen-bond donors (Lipinski definition) is 2. The number of esters is 1. The molecule has 0 unspecified atom stereocenters. The van der Waals surface area contributed by atoms with E-state index in [4.69, 9.17) is 33.1 Å². The Morgan fingerprint density at radius 2 is 1.72 bits per heavy atom. The van der Waals surface area contributed by atoms with Crippen LogP contribution in [0.5, 0.6) is 0 Å². The van der Waals surface area contributed by atoms with E-state index in [1.807, 2.05) is 0 Å². The Hall–Kier alpha value is -2.13. The predicted molar refractivity (Wildman–Crippen MR) is 93.2 cm³/mol. The van der Waals surface area contributed by atoms with Crippen LogP contribution in [0.3, 0.4) is 0 Å². The normalized spacial score (nSPS) is 11.0. The molecule has 0 spiro atoms. The molecular weight excluding hydrogens is 391 g/mol. The van der Waals surface area contributed by atoms with Gasteiger partial charge in [0.15, 0.2) is 6.61 Å². The molecule has 0 radical (unpaired) electrons. The Morgan fingerprint density at radius 3 is 2.32 bits per heavy atom. The lowest BCUT2D eigenvalue weighted by Gasteiger charge is -2.08. The summed E-state index contributed by atoms with van der Waals surface area (Å²) in [6.45, 7) is -0.586. The molecule has 0 aliphatic rings. The summed E-state index contributed by atoms with van der Waals surface area (Å²) in [6, 6.07) is 9.66. The Labute approximate surface area is 153 Å². The summed E-state index contributed by atoms with van der Waals surface area (Å²) < 4.78 is 27.5. The number of anilines is 1. The minimum atomic E-state index is -4.01. The second-order valence-corrected chi connectivity index (χ2v) is 7.22. The predicted octanol–water partition coefficient (Wildman–Crippen LogP) is 2.44. The topological polar surface area (TPSA) is 116 Å². The number of halogens is 2. The van der Waals surface area contributed by atoms with Crippen LogP contribution in [-0.4, -0.2) is 26.9 Å². The van der Waals surface area contributed by atoms with Crippen molar-refractivity contribution in [3.8, 4) is 0 Å².